The second kappa shape index (κ2) is 5.60. The molecule has 1 atom stereocenters. The number of thiazole rings is 1. The van der Waals surface area contributed by atoms with Crippen LogP contribution in [0.15, 0.2) is 6.20 Å². The van der Waals surface area contributed by atoms with Crippen LogP contribution < -0.4 is 5.73 Å². The molecule has 1 rings (SSSR count). The molecule has 0 radical (unpaired) electrons. The van der Waals surface area contributed by atoms with Crippen LogP contribution in [-0.4, -0.2) is 29.4 Å². The second-order valence-corrected chi connectivity index (χ2v) is 5.94. The number of amides is 1. The Hall–Kier alpha value is -0.940. The monoisotopic (exact) mass is 255 g/mol. The van der Waals surface area contributed by atoms with E-state index in [-0.39, 0.29) is 5.91 Å². The van der Waals surface area contributed by atoms with E-state index in [2.05, 4.69) is 4.98 Å². The summed E-state index contributed by atoms with van der Waals surface area (Å²) >= 11 is 1.62. The molecule has 2 N–H and O–H groups in total. The molecule has 0 bridgehead atoms. The number of nitrogens with two attached hydrogens (primary N) is 1. The van der Waals surface area contributed by atoms with E-state index >= 15 is 0 Å². The van der Waals surface area contributed by atoms with Crippen molar-refractivity contribution in [1.82, 2.24) is 9.88 Å². The maximum atomic E-state index is 12.3. The standard InChI is InChI=1S/C12H21N3OS/c1-5-12(3,8-13)11(16)15(4)7-10-6-14-9(2)17-10/h6H,5,7-8,13H2,1-4H3. The molecule has 4 nitrogen and oxygen atoms in total. The number of aromatic nitrogens is 1. The van der Waals surface area contributed by atoms with Gasteiger partial charge in [0.25, 0.3) is 0 Å². The summed E-state index contributed by atoms with van der Waals surface area (Å²) in [6, 6.07) is 0. The van der Waals surface area contributed by atoms with Crippen molar-refractivity contribution in [3.05, 3.63) is 16.1 Å². The number of hydrogen-bond donors (Lipinski definition) is 1. The van der Waals surface area contributed by atoms with E-state index < -0.39 is 5.41 Å². The van der Waals surface area contributed by atoms with Gasteiger partial charge in [0.05, 0.1) is 17.0 Å². The number of rotatable bonds is 5. The number of carbonyl (C=O) groups excluding carboxylic acids is 1. The summed E-state index contributed by atoms with van der Waals surface area (Å²) in [6.45, 7) is 6.87. The highest BCUT2D eigenvalue weighted by Crippen LogP contribution is 2.23. The Morgan fingerprint density at radius 1 is 1.65 bits per heavy atom. The SMILES string of the molecule is CCC(C)(CN)C(=O)N(C)Cc1cnc(C)s1. The fourth-order valence-corrected chi connectivity index (χ4v) is 2.48. The van der Waals surface area contributed by atoms with Crippen molar-refractivity contribution in [3.63, 3.8) is 0 Å². The number of carbonyl (C=O) groups is 1. The third kappa shape index (κ3) is 3.26. The number of hydrogen-bond acceptors (Lipinski definition) is 4. The Kier molecular flexibility index (Phi) is 4.65. The molecule has 0 aliphatic carbocycles. The molecule has 1 aromatic heterocycles. The van der Waals surface area contributed by atoms with Crippen molar-refractivity contribution in [2.75, 3.05) is 13.6 Å². The maximum absolute atomic E-state index is 12.3. The summed E-state index contributed by atoms with van der Waals surface area (Å²) in [5, 5.41) is 1.03. The van der Waals surface area contributed by atoms with Gasteiger partial charge in [-0.1, -0.05) is 6.92 Å². The molecule has 0 saturated carbocycles. The van der Waals surface area contributed by atoms with Crippen LogP contribution in [0.4, 0.5) is 0 Å². The van der Waals surface area contributed by atoms with Gasteiger partial charge in [-0.2, -0.15) is 0 Å². The Labute approximate surface area is 107 Å². The summed E-state index contributed by atoms with van der Waals surface area (Å²) in [5.74, 6) is 0.105. The van der Waals surface area contributed by atoms with Crippen LogP contribution in [0.5, 0.6) is 0 Å². The zero-order chi connectivity index (χ0) is 13.1. The predicted molar refractivity (Wildman–Crippen MR) is 70.8 cm³/mol. The molecule has 0 fully saturated rings. The molecule has 1 heterocycles. The first-order chi connectivity index (χ1) is 7.92. The minimum atomic E-state index is -0.450. The minimum Gasteiger partial charge on any atom is -0.340 e. The molecule has 1 aromatic rings. The largest absolute Gasteiger partial charge is 0.340 e. The van der Waals surface area contributed by atoms with Gasteiger partial charge in [-0.05, 0) is 20.3 Å². The van der Waals surface area contributed by atoms with Gasteiger partial charge in [-0.25, -0.2) is 4.98 Å². The van der Waals surface area contributed by atoms with Crippen molar-refractivity contribution in [1.29, 1.82) is 0 Å². The van der Waals surface area contributed by atoms with E-state index in [1.807, 2.05) is 34.0 Å². The lowest BCUT2D eigenvalue weighted by Crippen LogP contribution is -2.44. The van der Waals surface area contributed by atoms with E-state index in [0.717, 1.165) is 16.3 Å². The molecule has 0 aromatic carbocycles. The fraction of sp³-hybridized carbons (Fsp3) is 0.667. The number of aryl methyl sites for hydroxylation is 1. The van der Waals surface area contributed by atoms with E-state index in [9.17, 15) is 4.79 Å². The molecule has 5 heteroatoms. The highest BCUT2D eigenvalue weighted by atomic mass is 32.1. The molecule has 17 heavy (non-hydrogen) atoms. The average Bonchev–Trinajstić information content (AvgIpc) is 2.72. The van der Waals surface area contributed by atoms with Gasteiger partial charge in [-0.15, -0.1) is 11.3 Å². The van der Waals surface area contributed by atoms with E-state index in [4.69, 9.17) is 5.73 Å². The zero-order valence-corrected chi connectivity index (χ0v) is 11.8. The van der Waals surface area contributed by atoms with Gasteiger partial charge in [0.15, 0.2) is 0 Å². The van der Waals surface area contributed by atoms with E-state index in [1.54, 1.807) is 16.2 Å². The normalized spacial score (nSPS) is 14.4. The Bertz CT molecular complexity index is 385. The fourth-order valence-electron chi connectivity index (χ4n) is 1.63. The Balaban J connectivity index is 2.70. The van der Waals surface area contributed by atoms with Gasteiger partial charge in [0, 0.05) is 24.7 Å². The quantitative estimate of drug-likeness (QED) is 0.872. The van der Waals surface area contributed by atoms with Crippen molar-refractivity contribution < 1.29 is 4.79 Å². The summed E-state index contributed by atoms with van der Waals surface area (Å²) in [7, 11) is 1.82. The summed E-state index contributed by atoms with van der Waals surface area (Å²) in [4.78, 5) is 19.3. The molecule has 0 aliphatic heterocycles. The van der Waals surface area contributed by atoms with Crippen molar-refractivity contribution in [2.45, 2.75) is 33.7 Å². The third-order valence-electron chi connectivity index (χ3n) is 3.16. The molecule has 1 unspecified atom stereocenters. The van der Waals surface area contributed by atoms with Gasteiger partial charge in [0.2, 0.25) is 5.91 Å². The summed E-state index contributed by atoms with van der Waals surface area (Å²) < 4.78 is 0. The van der Waals surface area contributed by atoms with Crippen molar-refractivity contribution >= 4 is 17.2 Å². The molecule has 1 amide bonds. The molecule has 0 spiro atoms. The smallest absolute Gasteiger partial charge is 0.229 e. The van der Waals surface area contributed by atoms with Crippen molar-refractivity contribution in [2.24, 2.45) is 11.1 Å². The van der Waals surface area contributed by atoms with Crippen LogP contribution in [0.2, 0.25) is 0 Å². The maximum Gasteiger partial charge on any atom is 0.229 e. The lowest BCUT2D eigenvalue weighted by molar-refractivity contribution is -0.140. The molecule has 0 aliphatic rings. The molecule has 0 saturated heterocycles. The predicted octanol–water partition coefficient (Wildman–Crippen LogP) is 1.78. The Morgan fingerprint density at radius 3 is 2.71 bits per heavy atom. The zero-order valence-electron chi connectivity index (χ0n) is 11.0. The van der Waals surface area contributed by atoms with Crippen molar-refractivity contribution in [3.8, 4) is 0 Å². The van der Waals surface area contributed by atoms with Crippen LogP contribution in [-0.2, 0) is 11.3 Å². The molecular weight excluding hydrogens is 234 g/mol. The Morgan fingerprint density at radius 2 is 2.29 bits per heavy atom. The van der Waals surface area contributed by atoms with Gasteiger partial charge in [0.1, 0.15) is 0 Å². The molecule has 96 valence electrons. The topological polar surface area (TPSA) is 59.2 Å². The first-order valence-electron chi connectivity index (χ1n) is 5.80. The third-order valence-corrected chi connectivity index (χ3v) is 4.05. The van der Waals surface area contributed by atoms with Crippen LogP contribution in [0.3, 0.4) is 0 Å². The molecular formula is C12H21N3OS. The van der Waals surface area contributed by atoms with Crippen LogP contribution in [0.1, 0.15) is 30.2 Å². The highest BCUT2D eigenvalue weighted by molar-refractivity contribution is 7.11. The van der Waals surface area contributed by atoms with Crippen LogP contribution in [0.25, 0.3) is 0 Å². The highest BCUT2D eigenvalue weighted by Gasteiger charge is 2.32. The average molecular weight is 255 g/mol. The first kappa shape index (κ1) is 14.1. The van der Waals surface area contributed by atoms with Gasteiger partial charge < -0.3 is 10.6 Å². The van der Waals surface area contributed by atoms with Gasteiger partial charge in [-0.3, -0.25) is 4.79 Å². The van der Waals surface area contributed by atoms with Gasteiger partial charge >= 0.3 is 0 Å². The summed E-state index contributed by atoms with van der Waals surface area (Å²) in [5.41, 5.74) is 5.25. The van der Waals surface area contributed by atoms with Crippen LogP contribution in [0, 0.1) is 12.3 Å². The lowest BCUT2D eigenvalue weighted by Gasteiger charge is -2.30. The van der Waals surface area contributed by atoms with E-state index in [1.165, 1.54) is 0 Å². The number of nitrogens with zero attached hydrogens (tertiary/aromatic N) is 2. The van der Waals surface area contributed by atoms with E-state index in [0.29, 0.717) is 13.1 Å². The lowest BCUT2D eigenvalue weighted by atomic mass is 9.86. The van der Waals surface area contributed by atoms with Crippen LogP contribution >= 0.6 is 11.3 Å². The second-order valence-electron chi connectivity index (χ2n) is 4.63. The first-order valence-corrected chi connectivity index (χ1v) is 6.61. The minimum absolute atomic E-state index is 0.105. The summed E-state index contributed by atoms with van der Waals surface area (Å²) in [6.07, 6.45) is 2.59.